The molecule has 0 saturated carbocycles. The number of carbonyl (C=O) groups excluding carboxylic acids is 1. The van der Waals surface area contributed by atoms with Crippen LogP contribution in [0.2, 0.25) is 0 Å². The molecule has 0 radical (unpaired) electrons. The van der Waals surface area contributed by atoms with Crippen molar-refractivity contribution in [2.24, 2.45) is 0 Å². The topological polar surface area (TPSA) is 68.0 Å². The average Bonchev–Trinajstić information content (AvgIpc) is 2.38. The molecule has 3 N–H and O–H groups in total. The first-order chi connectivity index (χ1) is 9.47. The molecular weight excluding hydrogens is 318 g/mol. The first kappa shape index (κ1) is 14.5. The Bertz CT molecular complexity index is 643. The number of nitrogens with one attached hydrogen (secondary N) is 1. The lowest BCUT2D eigenvalue weighted by Crippen LogP contribution is -2.27. The summed E-state index contributed by atoms with van der Waals surface area (Å²) in [5, 5.41) is 2.92. The van der Waals surface area contributed by atoms with Gasteiger partial charge in [-0.3, -0.25) is 9.78 Å². The summed E-state index contributed by atoms with van der Waals surface area (Å²) in [6.07, 6.45) is 1.51. The second kappa shape index (κ2) is 6.05. The highest BCUT2D eigenvalue weighted by molar-refractivity contribution is 9.10. The highest BCUT2D eigenvalue weighted by atomic mass is 79.9. The van der Waals surface area contributed by atoms with Gasteiger partial charge in [0.15, 0.2) is 0 Å². The van der Waals surface area contributed by atoms with E-state index >= 15 is 0 Å². The number of amides is 1. The van der Waals surface area contributed by atoms with Gasteiger partial charge in [0, 0.05) is 22.1 Å². The second-order valence-electron chi connectivity index (χ2n) is 4.66. The molecule has 0 aliphatic carbocycles. The summed E-state index contributed by atoms with van der Waals surface area (Å²) < 4.78 is 0.979. The number of aromatic nitrogens is 1. The van der Waals surface area contributed by atoms with Crippen molar-refractivity contribution in [3.05, 3.63) is 57.8 Å². The molecule has 1 heterocycles. The smallest absolute Gasteiger partial charge is 0.255 e. The molecule has 2 aromatic rings. The van der Waals surface area contributed by atoms with Crippen LogP contribution in [0, 0.1) is 6.92 Å². The Hall–Kier alpha value is -1.88. The van der Waals surface area contributed by atoms with Gasteiger partial charge in [0.1, 0.15) is 0 Å². The number of nitrogen functional groups attached to an aromatic ring is 1. The van der Waals surface area contributed by atoms with Crippen LogP contribution in [0.3, 0.4) is 0 Å². The van der Waals surface area contributed by atoms with E-state index in [2.05, 4.69) is 26.2 Å². The minimum Gasteiger partial charge on any atom is -0.398 e. The van der Waals surface area contributed by atoms with Crippen molar-refractivity contribution in [3.63, 3.8) is 0 Å². The molecule has 0 bridgehead atoms. The van der Waals surface area contributed by atoms with Gasteiger partial charge in [-0.1, -0.05) is 28.1 Å². The molecule has 1 aromatic heterocycles. The number of nitrogens with zero attached hydrogens (tertiary/aromatic N) is 1. The Balaban J connectivity index is 2.15. The quantitative estimate of drug-likeness (QED) is 0.906. The number of anilines is 1. The molecule has 1 aromatic carbocycles. The van der Waals surface area contributed by atoms with Gasteiger partial charge in [-0.05, 0) is 37.6 Å². The molecule has 20 heavy (non-hydrogen) atoms. The van der Waals surface area contributed by atoms with Crippen molar-refractivity contribution in [2.45, 2.75) is 19.9 Å². The van der Waals surface area contributed by atoms with E-state index in [1.807, 2.05) is 38.1 Å². The van der Waals surface area contributed by atoms with Gasteiger partial charge >= 0.3 is 0 Å². The fourth-order valence-electron chi connectivity index (χ4n) is 1.90. The largest absolute Gasteiger partial charge is 0.398 e. The number of hydrogen-bond donors (Lipinski definition) is 2. The summed E-state index contributed by atoms with van der Waals surface area (Å²) in [6.45, 7) is 3.76. The van der Waals surface area contributed by atoms with Crippen LogP contribution in [0.25, 0.3) is 0 Å². The summed E-state index contributed by atoms with van der Waals surface area (Å²) in [5.41, 5.74) is 8.50. The normalized spacial score (nSPS) is 11.9. The molecule has 0 aliphatic heterocycles. The van der Waals surface area contributed by atoms with Crippen molar-refractivity contribution >= 4 is 27.5 Å². The van der Waals surface area contributed by atoms with E-state index in [4.69, 9.17) is 5.73 Å². The Kier molecular flexibility index (Phi) is 4.39. The van der Waals surface area contributed by atoms with Crippen molar-refractivity contribution in [1.29, 1.82) is 0 Å². The lowest BCUT2D eigenvalue weighted by molar-refractivity contribution is 0.0940. The number of rotatable bonds is 3. The van der Waals surface area contributed by atoms with Crippen LogP contribution in [0.4, 0.5) is 5.69 Å². The van der Waals surface area contributed by atoms with E-state index in [-0.39, 0.29) is 11.9 Å². The zero-order valence-corrected chi connectivity index (χ0v) is 12.9. The number of benzene rings is 1. The van der Waals surface area contributed by atoms with E-state index < -0.39 is 0 Å². The van der Waals surface area contributed by atoms with Gasteiger partial charge < -0.3 is 11.1 Å². The van der Waals surface area contributed by atoms with Gasteiger partial charge in [-0.15, -0.1) is 0 Å². The molecule has 0 fully saturated rings. The van der Waals surface area contributed by atoms with Crippen molar-refractivity contribution in [3.8, 4) is 0 Å². The third-order valence-corrected chi connectivity index (χ3v) is 3.51. The molecule has 104 valence electrons. The predicted octanol–water partition coefficient (Wildman–Crippen LogP) is 3.23. The Labute approximate surface area is 126 Å². The fraction of sp³-hybridized carbons (Fsp3) is 0.200. The Morgan fingerprint density at radius 3 is 2.80 bits per heavy atom. The fourth-order valence-corrected chi connectivity index (χ4v) is 2.32. The zero-order valence-electron chi connectivity index (χ0n) is 11.4. The van der Waals surface area contributed by atoms with E-state index in [9.17, 15) is 4.79 Å². The van der Waals surface area contributed by atoms with Gasteiger partial charge in [0.2, 0.25) is 0 Å². The molecule has 0 aliphatic rings. The summed E-state index contributed by atoms with van der Waals surface area (Å²) in [4.78, 5) is 16.3. The van der Waals surface area contributed by atoms with Crippen LogP contribution < -0.4 is 11.1 Å². The summed E-state index contributed by atoms with van der Waals surface area (Å²) in [5.74, 6) is -0.220. The van der Waals surface area contributed by atoms with Gasteiger partial charge in [0.05, 0.1) is 11.6 Å². The molecule has 1 unspecified atom stereocenters. The molecule has 1 atom stereocenters. The maximum atomic E-state index is 12.2. The monoisotopic (exact) mass is 333 g/mol. The van der Waals surface area contributed by atoms with Gasteiger partial charge in [0.25, 0.3) is 5.91 Å². The van der Waals surface area contributed by atoms with Crippen molar-refractivity contribution in [2.75, 3.05) is 5.73 Å². The van der Waals surface area contributed by atoms with E-state index in [0.717, 1.165) is 15.7 Å². The molecule has 0 spiro atoms. The first-order valence-corrected chi connectivity index (χ1v) is 7.05. The predicted molar refractivity (Wildman–Crippen MR) is 83.4 cm³/mol. The van der Waals surface area contributed by atoms with Crippen LogP contribution in [0.15, 0.2) is 41.0 Å². The van der Waals surface area contributed by atoms with Crippen molar-refractivity contribution in [1.82, 2.24) is 10.3 Å². The minimum atomic E-state index is -0.220. The third-order valence-electron chi connectivity index (χ3n) is 3.01. The summed E-state index contributed by atoms with van der Waals surface area (Å²) in [6, 6.07) is 9.40. The molecular formula is C15H16BrN3O. The molecule has 0 saturated heterocycles. The van der Waals surface area contributed by atoms with Gasteiger partial charge in [-0.2, -0.15) is 0 Å². The van der Waals surface area contributed by atoms with E-state index in [0.29, 0.717) is 11.3 Å². The zero-order chi connectivity index (χ0) is 14.7. The van der Waals surface area contributed by atoms with Crippen LogP contribution in [-0.4, -0.2) is 10.9 Å². The van der Waals surface area contributed by atoms with Crippen LogP contribution in [0.1, 0.15) is 34.6 Å². The minimum absolute atomic E-state index is 0.110. The number of hydrogen-bond acceptors (Lipinski definition) is 3. The molecule has 4 nitrogen and oxygen atoms in total. The Morgan fingerprint density at radius 1 is 1.40 bits per heavy atom. The number of aryl methyl sites for hydroxylation is 1. The van der Waals surface area contributed by atoms with Crippen molar-refractivity contribution < 1.29 is 4.79 Å². The van der Waals surface area contributed by atoms with Crippen LogP contribution in [-0.2, 0) is 0 Å². The first-order valence-electron chi connectivity index (χ1n) is 6.26. The van der Waals surface area contributed by atoms with Crippen LogP contribution in [0.5, 0.6) is 0 Å². The number of carbonyl (C=O) groups is 1. The molecule has 5 heteroatoms. The second-order valence-corrected chi connectivity index (χ2v) is 5.58. The van der Waals surface area contributed by atoms with Gasteiger partial charge in [-0.25, -0.2) is 0 Å². The third kappa shape index (κ3) is 3.36. The molecule has 1 amide bonds. The van der Waals surface area contributed by atoms with E-state index in [1.165, 1.54) is 6.20 Å². The van der Waals surface area contributed by atoms with Crippen LogP contribution >= 0.6 is 15.9 Å². The highest BCUT2D eigenvalue weighted by Gasteiger charge is 2.14. The SMILES string of the molecule is Cc1cc(N)c(C(=O)NC(C)c2cccc(Br)c2)cn1. The molecule has 2 rings (SSSR count). The number of nitrogens with two attached hydrogens (primary N) is 1. The highest BCUT2D eigenvalue weighted by Crippen LogP contribution is 2.19. The number of halogens is 1. The summed E-state index contributed by atoms with van der Waals surface area (Å²) in [7, 11) is 0. The Morgan fingerprint density at radius 2 is 2.15 bits per heavy atom. The number of pyridine rings is 1. The lowest BCUT2D eigenvalue weighted by Gasteiger charge is -2.15. The lowest BCUT2D eigenvalue weighted by atomic mass is 10.1. The average molecular weight is 334 g/mol. The summed E-state index contributed by atoms with van der Waals surface area (Å²) >= 11 is 3.42. The maximum Gasteiger partial charge on any atom is 0.255 e. The maximum absolute atomic E-state index is 12.2. The standard InChI is InChI=1S/C15H16BrN3O/c1-9-6-14(17)13(8-18-9)15(20)19-10(2)11-4-3-5-12(16)7-11/h3-8,10H,1-2H3,(H2,17,18)(H,19,20). The van der Waals surface area contributed by atoms with E-state index in [1.54, 1.807) is 6.07 Å².